The van der Waals surface area contributed by atoms with E-state index in [1.165, 1.54) is 17.3 Å². The van der Waals surface area contributed by atoms with Crippen molar-refractivity contribution in [2.75, 3.05) is 29.8 Å². The number of hydrogen-bond acceptors (Lipinski definition) is 9. The molecule has 0 aromatic heterocycles. The fourth-order valence-electron chi connectivity index (χ4n) is 4.20. The number of carbonyl (C=O) groups is 2. The van der Waals surface area contributed by atoms with Crippen molar-refractivity contribution in [3.63, 3.8) is 0 Å². The Bertz CT molecular complexity index is 1690. The summed E-state index contributed by atoms with van der Waals surface area (Å²) >= 11 is 4.68. The molecule has 0 aliphatic rings. The third kappa shape index (κ3) is 13.6. The van der Waals surface area contributed by atoms with Gasteiger partial charge in [0, 0.05) is 38.9 Å². The molecule has 254 valence electrons. The summed E-state index contributed by atoms with van der Waals surface area (Å²) in [6.45, 7) is 8.04. The molecule has 48 heavy (non-hydrogen) atoms. The average Bonchev–Trinajstić information content (AvgIpc) is 3.09. The van der Waals surface area contributed by atoms with E-state index in [0.717, 1.165) is 55.7 Å². The van der Waals surface area contributed by atoms with Crippen LogP contribution in [0, 0.1) is 13.8 Å². The summed E-state index contributed by atoms with van der Waals surface area (Å²) in [6.07, 6.45) is 10.8. The molecule has 0 bridgehead atoms. The van der Waals surface area contributed by atoms with Gasteiger partial charge in [0.05, 0.1) is 5.03 Å². The van der Waals surface area contributed by atoms with Crippen LogP contribution < -0.4 is 11.1 Å². The number of aromatic hydroxyl groups is 2. The second kappa shape index (κ2) is 21.0. The molecule has 0 spiro atoms. The normalized spacial score (nSPS) is 10.5. The van der Waals surface area contributed by atoms with Gasteiger partial charge in [-0.25, -0.2) is 0 Å². The van der Waals surface area contributed by atoms with Crippen LogP contribution in [0.15, 0.2) is 106 Å². The van der Waals surface area contributed by atoms with Crippen molar-refractivity contribution in [2.45, 2.75) is 40.5 Å². The molecule has 9 heteroatoms. The first kappa shape index (κ1) is 40.1. The number of aryl methyl sites for hydroxylation is 4. The highest BCUT2D eigenvalue weighted by Gasteiger charge is 2.08. The molecular formula is C39H46N2O4S3. The Morgan fingerprint density at radius 2 is 1.12 bits per heavy atom. The van der Waals surface area contributed by atoms with Gasteiger partial charge in [-0.3, -0.25) is 9.59 Å². The van der Waals surface area contributed by atoms with Crippen LogP contribution in [0.4, 0.5) is 11.4 Å². The summed E-state index contributed by atoms with van der Waals surface area (Å²) in [5, 5.41) is 22.6. The number of phenolic OH excluding ortho intramolecular Hbond substituents is 2. The monoisotopic (exact) mass is 702 g/mol. The van der Waals surface area contributed by atoms with Gasteiger partial charge in [-0.15, -0.1) is 35.3 Å². The van der Waals surface area contributed by atoms with Crippen LogP contribution in [0.25, 0.3) is 0 Å². The number of benzene rings is 4. The highest BCUT2D eigenvalue weighted by atomic mass is 32.2. The zero-order chi connectivity index (χ0) is 35.6. The lowest BCUT2D eigenvalue weighted by atomic mass is 10.1. The van der Waals surface area contributed by atoms with E-state index in [4.69, 9.17) is 10.8 Å². The number of hydrogen-bond donors (Lipinski definition) is 4. The van der Waals surface area contributed by atoms with Crippen LogP contribution >= 0.6 is 35.3 Å². The van der Waals surface area contributed by atoms with Gasteiger partial charge in [0.15, 0.2) is 11.6 Å². The fraction of sp³-hybridized carbons (Fsp3) is 0.231. The Hall–Kier alpha value is -4.05. The van der Waals surface area contributed by atoms with Crippen LogP contribution in [-0.2, 0) is 12.8 Å². The topological polar surface area (TPSA) is 113 Å². The Morgan fingerprint density at radius 3 is 1.56 bits per heavy atom. The number of ketones is 2. The lowest BCUT2D eigenvalue weighted by Crippen LogP contribution is -2.03. The Balaban J connectivity index is 0.000000274. The van der Waals surface area contributed by atoms with Crippen molar-refractivity contribution in [3.8, 4) is 11.5 Å². The van der Waals surface area contributed by atoms with E-state index in [0.29, 0.717) is 5.56 Å². The van der Waals surface area contributed by atoms with Gasteiger partial charge in [0.1, 0.15) is 11.5 Å². The van der Waals surface area contributed by atoms with E-state index in [1.54, 1.807) is 66.0 Å². The maximum atomic E-state index is 12.4. The van der Waals surface area contributed by atoms with Crippen molar-refractivity contribution in [1.29, 1.82) is 0 Å². The highest BCUT2D eigenvalue weighted by Crippen LogP contribution is 2.26. The van der Waals surface area contributed by atoms with Gasteiger partial charge in [-0.1, -0.05) is 73.5 Å². The number of nitrogen functional groups attached to an aromatic ring is 1. The van der Waals surface area contributed by atoms with Crippen molar-refractivity contribution in [2.24, 2.45) is 0 Å². The lowest BCUT2D eigenvalue weighted by molar-refractivity contribution is 0.103. The molecule has 4 aromatic rings. The molecule has 0 amide bonds. The molecule has 5 N–H and O–H groups in total. The first-order valence-electron chi connectivity index (χ1n) is 15.4. The fourth-order valence-corrected chi connectivity index (χ4v) is 5.75. The van der Waals surface area contributed by atoms with E-state index < -0.39 is 0 Å². The van der Waals surface area contributed by atoms with Gasteiger partial charge in [0.25, 0.3) is 0 Å². The number of nitrogens with two attached hydrogens (primary N) is 1. The average molecular weight is 703 g/mol. The highest BCUT2D eigenvalue weighted by molar-refractivity contribution is 8.21. The summed E-state index contributed by atoms with van der Waals surface area (Å²) in [5.74, 6) is 0.580. The minimum absolute atomic E-state index is 0.0290. The van der Waals surface area contributed by atoms with E-state index in [2.05, 4.69) is 5.32 Å². The predicted molar refractivity (Wildman–Crippen MR) is 211 cm³/mol. The molecule has 0 aliphatic carbocycles. The summed E-state index contributed by atoms with van der Waals surface area (Å²) < 4.78 is 1.04. The van der Waals surface area contributed by atoms with Gasteiger partial charge in [-0.2, -0.15) is 0 Å². The van der Waals surface area contributed by atoms with Crippen molar-refractivity contribution in [1.82, 2.24) is 0 Å². The summed E-state index contributed by atoms with van der Waals surface area (Å²) in [5.41, 5.74) is 13.0. The zero-order valence-electron chi connectivity index (χ0n) is 28.7. The van der Waals surface area contributed by atoms with Crippen molar-refractivity contribution < 1.29 is 19.8 Å². The van der Waals surface area contributed by atoms with E-state index in [9.17, 15) is 14.7 Å². The zero-order valence-corrected chi connectivity index (χ0v) is 31.1. The molecule has 0 heterocycles. The van der Waals surface area contributed by atoms with Crippen LogP contribution in [-0.4, -0.2) is 40.5 Å². The molecule has 0 aliphatic heterocycles. The number of thioether (sulfide) groups is 3. The standard InChI is InChI=1S/C19H21NO2S.C12H14OS2.C8H11NO/c1-4-14-11-16(21)9-10-17(14)20-19(23-3)12-18(22)15-7-5-13(2)6-8-15;1-9-4-6-10(7-5-9)11(13)8-12(14-2)15-3;1-2-6-5-7(10)3-4-8(6)9/h5-12,20-21H,4H2,1-3H3;4-8H,1-3H3;3-5,10H,2,9H2,1H3/b19-12-;;. The molecule has 6 nitrogen and oxygen atoms in total. The second-order valence-electron chi connectivity index (χ2n) is 10.6. The quantitative estimate of drug-likeness (QED) is 0.0525. The molecule has 0 saturated carbocycles. The van der Waals surface area contributed by atoms with E-state index in [1.807, 2.05) is 101 Å². The summed E-state index contributed by atoms with van der Waals surface area (Å²) in [4.78, 5) is 24.1. The Kier molecular flexibility index (Phi) is 17.6. The summed E-state index contributed by atoms with van der Waals surface area (Å²) in [7, 11) is 0. The third-order valence-electron chi connectivity index (χ3n) is 7.04. The smallest absolute Gasteiger partial charge is 0.188 e. The lowest BCUT2D eigenvalue weighted by Gasteiger charge is -2.13. The molecule has 0 saturated heterocycles. The minimum Gasteiger partial charge on any atom is -0.508 e. The van der Waals surface area contributed by atoms with Gasteiger partial charge in [-0.05, 0) is 93.0 Å². The minimum atomic E-state index is -0.0290. The van der Waals surface area contributed by atoms with Crippen LogP contribution in [0.1, 0.15) is 56.8 Å². The van der Waals surface area contributed by atoms with Crippen molar-refractivity contribution >= 4 is 58.2 Å². The Labute approximate surface area is 298 Å². The first-order valence-corrected chi connectivity index (χ1v) is 19.1. The number of anilines is 2. The second-order valence-corrected chi connectivity index (χ2v) is 13.4. The van der Waals surface area contributed by atoms with Gasteiger partial charge in [0.2, 0.25) is 0 Å². The van der Waals surface area contributed by atoms with Gasteiger partial charge < -0.3 is 21.3 Å². The molecule has 4 aromatic carbocycles. The molecule has 0 radical (unpaired) electrons. The number of carbonyl (C=O) groups excluding carboxylic acids is 2. The molecule has 0 fully saturated rings. The van der Waals surface area contributed by atoms with Gasteiger partial charge >= 0.3 is 0 Å². The Morgan fingerprint density at radius 1 is 0.667 bits per heavy atom. The molecule has 4 rings (SSSR count). The number of phenols is 2. The molecular weight excluding hydrogens is 657 g/mol. The van der Waals surface area contributed by atoms with E-state index >= 15 is 0 Å². The SMILES string of the molecule is CCc1cc(O)ccc1N.CCc1cc(O)ccc1N/C(=C/C(=O)c1ccc(C)cc1)SC.CSC(=CC(=O)c1ccc(C)cc1)SC. The van der Waals surface area contributed by atoms with Crippen molar-refractivity contribution in [3.05, 3.63) is 140 Å². The largest absolute Gasteiger partial charge is 0.508 e. The maximum absolute atomic E-state index is 12.4. The first-order chi connectivity index (χ1) is 22.9. The molecule has 0 atom stereocenters. The maximum Gasteiger partial charge on any atom is 0.188 e. The number of nitrogens with one attached hydrogen (secondary N) is 1. The number of allylic oxidation sites excluding steroid dienone is 2. The van der Waals surface area contributed by atoms with Crippen LogP contribution in [0.5, 0.6) is 11.5 Å². The third-order valence-corrected chi connectivity index (χ3v) is 9.74. The van der Waals surface area contributed by atoms with Crippen LogP contribution in [0.3, 0.4) is 0 Å². The van der Waals surface area contributed by atoms with Crippen LogP contribution in [0.2, 0.25) is 0 Å². The summed E-state index contributed by atoms with van der Waals surface area (Å²) in [6, 6.07) is 25.4. The molecule has 0 unspecified atom stereocenters. The number of rotatable bonds is 11. The predicted octanol–water partition coefficient (Wildman–Crippen LogP) is 10.0. The van der Waals surface area contributed by atoms with E-state index in [-0.39, 0.29) is 23.1 Å².